The Morgan fingerprint density at radius 2 is 1.95 bits per heavy atom. The molecule has 6 heteroatoms. The van der Waals surface area contributed by atoms with E-state index in [-0.39, 0.29) is 5.56 Å². The van der Waals surface area contributed by atoms with Gasteiger partial charge in [0.15, 0.2) is 0 Å². The molecule has 110 valence electrons. The van der Waals surface area contributed by atoms with Crippen LogP contribution in [0.2, 0.25) is 5.02 Å². The van der Waals surface area contributed by atoms with Crippen LogP contribution < -0.4 is 9.47 Å². The molecule has 0 atom stereocenters. The lowest BCUT2D eigenvalue weighted by molar-refractivity contribution is 0.0692. The lowest BCUT2D eigenvalue weighted by atomic mass is 10.2. The number of aromatic nitrogens is 1. The number of carboxylic acid groups (broad SMARTS) is 1. The molecular formula is C15H14ClNO4. The Morgan fingerprint density at radius 1 is 1.19 bits per heavy atom. The first kappa shape index (κ1) is 15.1. The minimum absolute atomic E-state index is 0.150. The van der Waals surface area contributed by atoms with Crippen LogP contribution in [0.3, 0.4) is 0 Å². The van der Waals surface area contributed by atoms with E-state index in [1.807, 2.05) is 0 Å². The number of carbonyl (C=O) groups is 1. The zero-order valence-corrected chi connectivity index (χ0v) is 11.9. The summed E-state index contributed by atoms with van der Waals surface area (Å²) in [5.74, 6) is -0.0605. The van der Waals surface area contributed by atoms with Gasteiger partial charge in [0.1, 0.15) is 17.1 Å². The smallest absolute Gasteiger partial charge is 0.339 e. The molecule has 2 rings (SSSR count). The predicted octanol–water partition coefficient (Wildman–Crippen LogP) is 3.28. The van der Waals surface area contributed by atoms with Crippen molar-refractivity contribution in [3.05, 3.63) is 53.3 Å². The Labute approximate surface area is 127 Å². The molecule has 1 heterocycles. The standard InChI is InChI=1S/C15H14ClNO4/c16-11-8-12(10-17-9-11)20-6-3-7-21-14-5-2-1-4-13(14)15(18)19/h1-2,4-5,8-10H,3,6-7H2,(H,18,19). The number of carboxylic acids is 1. The zero-order chi connectivity index (χ0) is 15.1. The predicted molar refractivity (Wildman–Crippen MR) is 78.3 cm³/mol. The molecule has 0 fully saturated rings. The first-order valence-electron chi connectivity index (χ1n) is 6.35. The van der Waals surface area contributed by atoms with E-state index in [4.69, 9.17) is 26.2 Å². The van der Waals surface area contributed by atoms with Crippen LogP contribution in [0.1, 0.15) is 16.8 Å². The summed E-state index contributed by atoms with van der Waals surface area (Å²) in [7, 11) is 0. The van der Waals surface area contributed by atoms with Crippen molar-refractivity contribution in [3.63, 3.8) is 0 Å². The summed E-state index contributed by atoms with van der Waals surface area (Å²) in [6, 6.07) is 8.20. The summed E-state index contributed by atoms with van der Waals surface area (Å²) in [6.45, 7) is 0.787. The van der Waals surface area contributed by atoms with Gasteiger partial charge in [-0.25, -0.2) is 4.79 Å². The fourth-order valence-corrected chi connectivity index (χ4v) is 1.84. The Kier molecular flexibility index (Phi) is 5.40. The lowest BCUT2D eigenvalue weighted by Crippen LogP contribution is -2.07. The Hall–Kier alpha value is -2.27. The number of nitrogens with zero attached hydrogens (tertiary/aromatic N) is 1. The van der Waals surface area contributed by atoms with Crippen molar-refractivity contribution >= 4 is 17.6 Å². The van der Waals surface area contributed by atoms with E-state index in [9.17, 15) is 4.79 Å². The molecule has 0 aliphatic carbocycles. The fraction of sp³-hybridized carbons (Fsp3) is 0.200. The van der Waals surface area contributed by atoms with Crippen LogP contribution in [0.25, 0.3) is 0 Å². The topological polar surface area (TPSA) is 68.7 Å². The van der Waals surface area contributed by atoms with Gasteiger partial charge in [-0.3, -0.25) is 4.98 Å². The highest BCUT2D eigenvalue weighted by atomic mass is 35.5. The van der Waals surface area contributed by atoms with Crippen molar-refractivity contribution in [3.8, 4) is 11.5 Å². The third-order valence-corrected chi connectivity index (χ3v) is 2.82. The van der Waals surface area contributed by atoms with Gasteiger partial charge in [0.25, 0.3) is 0 Å². The van der Waals surface area contributed by atoms with Crippen LogP contribution in [-0.4, -0.2) is 29.3 Å². The van der Waals surface area contributed by atoms with Gasteiger partial charge in [0.2, 0.25) is 0 Å². The van der Waals surface area contributed by atoms with Gasteiger partial charge in [-0.05, 0) is 12.1 Å². The largest absolute Gasteiger partial charge is 0.493 e. The SMILES string of the molecule is O=C(O)c1ccccc1OCCCOc1cncc(Cl)c1. The van der Waals surface area contributed by atoms with Gasteiger partial charge in [0, 0.05) is 18.7 Å². The molecule has 0 aliphatic rings. The second kappa shape index (κ2) is 7.50. The second-order valence-electron chi connectivity index (χ2n) is 4.19. The second-order valence-corrected chi connectivity index (χ2v) is 4.63. The molecule has 0 saturated heterocycles. The molecule has 0 amide bonds. The average molecular weight is 308 g/mol. The van der Waals surface area contributed by atoms with Crippen molar-refractivity contribution in [1.82, 2.24) is 4.98 Å². The normalized spacial score (nSPS) is 10.1. The first-order chi connectivity index (χ1) is 10.2. The summed E-state index contributed by atoms with van der Waals surface area (Å²) in [5.41, 5.74) is 0.150. The van der Waals surface area contributed by atoms with Gasteiger partial charge in [-0.2, -0.15) is 0 Å². The molecule has 0 saturated carbocycles. The summed E-state index contributed by atoms with van der Waals surface area (Å²) in [6.07, 6.45) is 3.72. The number of halogens is 1. The van der Waals surface area contributed by atoms with Crippen molar-refractivity contribution in [1.29, 1.82) is 0 Å². The Balaban J connectivity index is 1.76. The highest BCUT2D eigenvalue weighted by Gasteiger charge is 2.09. The van der Waals surface area contributed by atoms with Crippen LogP contribution >= 0.6 is 11.6 Å². The van der Waals surface area contributed by atoms with Crippen LogP contribution in [0.4, 0.5) is 0 Å². The highest BCUT2D eigenvalue weighted by Crippen LogP contribution is 2.18. The first-order valence-corrected chi connectivity index (χ1v) is 6.73. The van der Waals surface area contributed by atoms with Crippen LogP contribution in [0.15, 0.2) is 42.7 Å². The number of pyridine rings is 1. The maximum atomic E-state index is 11.0. The van der Waals surface area contributed by atoms with E-state index >= 15 is 0 Å². The Morgan fingerprint density at radius 3 is 2.71 bits per heavy atom. The minimum Gasteiger partial charge on any atom is -0.493 e. The highest BCUT2D eigenvalue weighted by molar-refractivity contribution is 6.30. The van der Waals surface area contributed by atoms with Gasteiger partial charge in [0.05, 0.1) is 24.4 Å². The number of hydrogen-bond donors (Lipinski definition) is 1. The number of rotatable bonds is 7. The number of aromatic carboxylic acids is 1. The van der Waals surface area contributed by atoms with Crippen molar-refractivity contribution in [2.75, 3.05) is 13.2 Å². The molecule has 1 N–H and O–H groups in total. The van der Waals surface area contributed by atoms with Crippen LogP contribution in [-0.2, 0) is 0 Å². The van der Waals surface area contributed by atoms with E-state index in [2.05, 4.69) is 4.98 Å². The molecule has 0 aliphatic heterocycles. The van der Waals surface area contributed by atoms with Gasteiger partial charge >= 0.3 is 5.97 Å². The number of hydrogen-bond acceptors (Lipinski definition) is 4. The molecule has 0 bridgehead atoms. The third kappa shape index (κ3) is 4.65. The summed E-state index contributed by atoms with van der Waals surface area (Å²) >= 11 is 5.79. The lowest BCUT2D eigenvalue weighted by Gasteiger charge is -2.09. The third-order valence-electron chi connectivity index (χ3n) is 2.61. The maximum absolute atomic E-state index is 11.0. The molecule has 0 radical (unpaired) electrons. The summed E-state index contributed by atoms with van der Waals surface area (Å²) in [5, 5.41) is 9.53. The molecule has 0 unspecified atom stereocenters. The number of ether oxygens (including phenoxy) is 2. The molecule has 5 nitrogen and oxygen atoms in total. The van der Waals surface area contributed by atoms with E-state index < -0.39 is 5.97 Å². The average Bonchev–Trinajstić information content (AvgIpc) is 2.47. The summed E-state index contributed by atoms with van der Waals surface area (Å²) in [4.78, 5) is 14.9. The van der Waals surface area contributed by atoms with E-state index in [1.54, 1.807) is 30.5 Å². The quantitative estimate of drug-likeness (QED) is 0.795. The van der Waals surface area contributed by atoms with Crippen LogP contribution in [0.5, 0.6) is 11.5 Å². The van der Waals surface area contributed by atoms with E-state index in [0.29, 0.717) is 36.2 Å². The molecule has 2 aromatic rings. The molecule has 0 spiro atoms. The molecule has 21 heavy (non-hydrogen) atoms. The number of benzene rings is 1. The van der Waals surface area contributed by atoms with Crippen molar-refractivity contribution in [2.24, 2.45) is 0 Å². The molecule has 1 aromatic heterocycles. The van der Waals surface area contributed by atoms with Crippen molar-refractivity contribution < 1.29 is 19.4 Å². The van der Waals surface area contributed by atoms with Gasteiger partial charge < -0.3 is 14.6 Å². The van der Waals surface area contributed by atoms with Crippen LogP contribution in [0, 0.1) is 0 Å². The van der Waals surface area contributed by atoms with Gasteiger partial charge in [-0.1, -0.05) is 23.7 Å². The minimum atomic E-state index is -1.01. The Bertz CT molecular complexity index is 618. The fourth-order valence-electron chi connectivity index (χ4n) is 1.67. The summed E-state index contributed by atoms with van der Waals surface area (Å²) < 4.78 is 10.9. The van der Waals surface area contributed by atoms with Gasteiger partial charge in [-0.15, -0.1) is 0 Å². The zero-order valence-electron chi connectivity index (χ0n) is 11.2. The van der Waals surface area contributed by atoms with Crippen molar-refractivity contribution in [2.45, 2.75) is 6.42 Å². The molecule has 1 aromatic carbocycles. The van der Waals surface area contributed by atoms with E-state index in [0.717, 1.165) is 0 Å². The maximum Gasteiger partial charge on any atom is 0.339 e. The number of para-hydroxylation sites is 1. The van der Waals surface area contributed by atoms with E-state index in [1.165, 1.54) is 12.3 Å². The molecular weight excluding hydrogens is 294 g/mol. The monoisotopic (exact) mass is 307 g/mol.